The molecule has 3 heteroatoms. The predicted molar refractivity (Wildman–Crippen MR) is 48.1 cm³/mol. The van der Waals surface area contributed by atoms with Crippen LogP contribution in [0.2, 0.25) is 0 Å². The molecule has 2 rings (SSSR count). The minimum atomic E-state index is -0.558. The summed E-state index contributed by atoms with van der Waals surface area (Å²) in [4.78, 5) is 0. The van der Waals surface area contributed by atoms with Gasteiger partial charge in [0.2, 0.25) is 0 Å². The number of hydrogen-bond acceptors (Lipinski definition) is 3. The van der Waals surface area contributed by atoms with Crippen LogP contribution in [-0.2, 0) is 9.47 Å². The van der Waals surface area contributed by atoms with Crippen molar-refractivity contribution in [2.75, 3.05) is 0 Å². The Bertz CT molecular complexity index is 224. The predicted octanol–water partition coefficient (Wildman–Crippen LogP) is 1.07. The number of hydrogen-bond donors (Lipinski definition) is 1. The van der Waals surface area contributed by atoms with Gasteiger partial charge in [0, 0.05) is 5.92 Å². The molecule has 0 amide bonds. The zero-order valence-corrected chi connectivity index (χ0v) is 8.06. The molecule has 2 aliphatic rings. The van der Waals surface area contributed by atoms with Gasteiger partial charge >= 0.3 is 0 Å². The number of aliphatic hydroxyl groups excluding tert-OH is 1. The van der Waals surface area contributed by atoms with Crippen LogP contribution in [0, 0.1) is 5.92 Å². The van der Waals surface area contributed by atoms with E-state index < -0.39 is 11.9 Å². The maximum atomic E-state index is 9.68. The van der Waals surface area contributed by atoms with Gasteiger partial charge in [-0.15, -0.1) is 6.58 Å². The van der Waals surface area contributed by atoms with Crippen molar-refractivity contribution in [2.45, 2.75) is 44.4 Å². The molecule has 3 nitrogen and oxygen atoms in total. The second-order valence-corrected chi connectivity index (χ2v) is 4.27. The molecule has 0 spiro atoms. The fourth-order valence-corrected chi connectivity index (χ4v) is 2.22. The Hall–Kier alpha value is -0.380. The van der Waals surface area contributed by atoms with E-state index in [4.69, 9.17) is 9.47 Å². The van der Waals surface area contributed by atoms with E-state index in [-0.39, 0.29) is 18.1 Å². The number of fused-ring (bicyclic) bond motifs is 1. The molecule has 13 heavy (non-hydrogen) atoms. The van der Waals surface area contributed by atoms with Crippen LogP contribution in [-0.4, -0.2) is 29.2 Å². The number of aliphatic hydroxyl groups is 1. The van der Waals surface area contributed by atoms with E-state index in [0.29, 0.717) is 6.42 Å². The molecule has 1 saturated carbocycles. The van der Waals surface area contributed by atoms with Crippen LogP contribution in [0.5, 0.6) is 0 Å². The average molecular weight is 184 g/mol. The van der Waals surface area contributed by atoms with E-state index in [1.165, 1.54) is 0 Å². The number of ether oxygens (including phenoxy) is 2. The molecule has 1 heterocycles. The van der Waals surface area contributed by atoms with Crippen molar-refractivity contribution in [3.8, 4) is 0 Å². The Morgan fingerprint density at radius 3 is 2.62 bits per heavy atom. The van der Waals surface area contributed by atoms with Crippen LogP contribution in [0.3, 0.4) is 0 Å². The van der Waals surface area contributed by atoms with Gasteiger partial charge in [0.15, 0.2) is 5.79 Å². The van der Waals surface area contributed by atoms with Crippen LogP contribution in [0.1, 0.15) is 20.3 Å². The highest BCUT2D eigenvalue weighted by Gasteiger charge is 2.52. The molecule has 1 aliphatic heterocycles. The third-order valence-corrected chi connectivity index (χ3v) is 2.78. The standard InChI is InChI=1S/C10H16O3/c1-4-6-5-7(11)9-8(6)12-10(2,3)13-9/h4,6-9,11H,1,5H2,2-3H3. The van der Waals surface area contributed by atoms with Crippen LogP contribution in [0.15, 0.2) is 12.7 Å². The largest absolute Gasteiger partial charge is 0.390 e. The summed E-state index contributed by atoms with van der Waals surface area (Å²) in [7, 11) is 0. The Morgan fingerprint density at radius 2 is 2.00 bits per heavy atom. The molecule has 0 aromatic carbocycles. The van der Waals surface area contributed by atoms with Gasteiger partial charge in [-0.25, -0.2) is 0 Å². The van der Waals surface area contributed by atoms with E-state index in [1.807, 2.05) is 19.9 Å². The van der Waals surface area contributed by atoms with Crippen molar-refractivity contribution in [3.63, 3.8) is 0 Å². The molecule has 1 N–H and O–H groups in total. The zero-order valence-electron chi connectivity index (χ0n) is 8.06. The second-order valence-electron chi connectivity index (χ2n) is 4.27. The normalized spacial score (nSPS) is 47.6. The summed E-state index contributed by atoms with van der Waals surface area (Å²) in [5.74, 6) is -0.334. The molecular formula is C10H16O3. The first-order valence-electron chi connectivity index (χ1n) is 4.70. The molecule has 0 aromatic rings. The van der Waals surface area contributed by atoms with Crippen molar-refractivity contribution in [1.82, 2.24) is 0 Å². The first-order chi connectivity index (χ1) is 6.03. The van der Waals surface area contributed by atoms with Gasteiger partial charge in [0.25, 0.3) is 0 Å². The lowest BCUT2D eigenvalue weighted by Crippen LogP contribution is -2.28. The Balaban J connectivity index is 2.17. The van der Waals surface area contributed by atoms with E-state index >= 15 is 0 Å². The molecule has 4 unspecified atom stereocenters. The Labute approximate surface area is 78.3 Å². The SMILES string of the molecule is C=CC1CC(O)C2OC(C)(C)OC12. The van der Waals surface area contributed by atoms with E-state index in [1.54, 1.807) is 0 Å². The van der Waals surface area contributed by atoms with Crippen LogP contribution >= 0.6 is 0 Å². The third-order valence-electron chi connectivity index (χ3n) is 2.78. The summed E-state index contributed by atoms with van der Waals surface area (Å²) in [6.07, 6.45) is 1.96. The summed E-state index contributed by atoms with van der Waals surface area (Å²) in [5, 5.41) is 9.68. The zero-order chi connectivity index (χ0) is 9.64. The molecule has 4 atom stereocenters. The molecule has 1 saturated heterocycles. The first-order valence-corrected chi connectivity index (χ1v) is 4.70. The van der Waals surface area contributed by atoms with Gasteiger partial charge in [0.1, 0.15) is 6.10 Å². The van der Waals surface area contributed by atoms with Crippen LogP contribution < -0.4 is 0 Å². The van der Waals surface area contributed by atoms with Gasteiger partial charge in [0.05, 0.1) is 12.2 Å². The Morgan fingerprint density at radius 1 is 1.38 bits per heavy atom. The lowest BCUT2D eigenvalue weighted by molar-refractivity contribution is -0.164. The molecular weight excluding hydrogens is 168 g/mol. The molecule has 1 aliphatic carbocycles. The third kappa shape index (κ3) is 1.41. The minimum absolute atomic E-state index is 0.0116. The maximum absolute atomic E-state index is 9.68. The molecule has 74 valence electrons. The molecule has 0 bridgehead atoms. The van der Waals surface area contributed by atoms with Crippen LogP contribution in [0.4, 0.5) is 0 Å². The van der Waals surface area contributed by atoms with Crippen molar-refractivity contribution < 1.29 is 14.6 Å². The van der Waals surface area contributed by atoms with Crippen molar-refractivity contribution in [2.24, 2.45) is 5.92 Å². The van der Waals surface area contributed by atoms with E-state index in [0.717, 1.165) is 0 Å². The van der Waals surface area contributed by atoms with Crippen molar-refractivity contribution >= 4 is 0 Å². The molecule has 0 radical (unpaired) electrons. The van der Waals surface area contributed by atoms with Crippen molar-refractivity contribution in [3.05, 3.63) is 12.7 Å². The quantitative estimate of drug-likeness (QED) is 0.620. The maximum Gasteiger partial charge on any atom is 0.163 e. The van der Waals surface area contributed by atoms with E-state index in [2.05, 4.69) is 6.58 Å². The fraction of sp³-hybridized carbons (Fsp3) is 0.800. The van der Waals surface area contributed by atoms with Gasteiger partial charge in [-0.1, -0.05) is 6.08 Å². The lowest BCUT2D eigenvalue weighted by Gasteiger charge is -2.20. The average Bonchev–Trinajstić information content (AvgIpc) is 2.47. The summed E-state index contributed by atoms with van der Waals surface area (Å²) in [5.41, 5.74) is 0. The highest BCUT2D eigenvalue weighted by Crippen LogP contribution is 2.41. The molecule has 2 fully saturated rings. The Kier molecular flexibility index (Phi) is 1.98. The highest BCUT2D eigenvalue weighted by molar-refractivity contribution is 5.03. The molecule has 0 aromatic heterocycles. The van der Waals surface area contributed by atoms with Gasteiger partial charge < -0.3 is 14.6 Å². The van der Waals surface area contributed by atoms with E-state index in [9.17, 15) is 5.11 Å². The first kappa shape index (κ1) is 9.19. The summed E-state index contributed by atoms with van der Waals surface area (Å²) in [6, 6.07) is 0. The van der Waals surface area contributed by atoms with Crippen molar-refractivity contribution in [1.29, 1.82) is 0 Å². The lowest BCUT2D eigenvalue weighted by atomic mass is 10.1. The highest BCUT2D eigenvalue weighted by atomic mass is 16.8. The van der Waals surface area contributed by atoms with Gasteiger partial charge in [-0.3, -0.25) is 0 Å². The number of rotatable bonds is 1. The summed E-state index contributed by atoms with van der Waals surface area (Å²) >= 11 is 0. The van der Waals surface area contributed by atoms with Gasteiger partial charge in [-0.2, -0.15) is 0 Å². The summed E-state index contributed by atoms with van der Waals surface area (Å²) < 4.78 is 11.3. The topological polar surface area (TPSA) is 38.7 Å². The smallest absolute Gasteiger partial charge is 0.163 e. The minimum Gasteiger partial charge on any atom is -0.390 e. The van der Waals surface area contributed by atoms with Gasteiger partial charge in [-0.05, 0) is 20.3 Å². The second kappa shape index (κ2) is 2.80. The summed E-state index contributed by atoms with van der Waals surface area (Å²) in [6.45, 7) is 7.49. The monoisotopic (exact) mass is 184 g/mol. The fourth-order valence-electron chi connectivity index (χ4n) is 2.22. The van der Waals surface area contributed by atoms with Crippen LogP contribution in [0.25, 0.3) is 0 Å².